The van der Waals surface area contributed by atoms with Gasteiger partial charge in [-0.05, 0) is 37.2 Å². The zero-order valence-corrected chi connectivity index (χ0v) is 10.6. The lowest BCUT2D eigenvalue weighted by Crippen LogP contribution is -2.35. The second-order valence-corrected chi connectivity index (χ2v) is 4.90. The van der Waals surface area contributed by atoms with Crippen molar-refractivity contribution in [2.75, 3.05) is 0 Å². The molecule has 0 aliphatic rings. The van der Waals surface area contributed by atoms with Gasteiger partial charge in [0.15, 0.2) is 0 Å². The van der Waals surface area contributed by atoms with Crippen LogP contribution in [0.2, 0.25) is 0 Å². The van der Waals surface area contributed by atoms with Gasteiger partial charge >= 0.3 is 0 Å². The summed E-state index contributed by atoms with van der Waals surface area (Å²) in [4.78, 5) is 0. The number of hydrogen-bond donors (Lipinski definition) is 2. The van der Waals surface area contributed by atoms with Crippen LogP contribution in [0.4, 0.5) is 0 Å². The molecule has 0 amide bonds. The van der Waals surface area contributed by atoms with E-state index in [1.807, 2.05) is 17.9 Å². The summed E-state index contributed by atoms with van der Waals surface area (Å²) >= 11 is 0. The first kappa shape index (κ1) is 13.2. The molecule has 0 saturated heterocycles. The van der Waals surface area contributed by atoms with Gasteiger partial charge in [0.05, 0.1) is 6.20 Å². The highest BCUT2D eigenvalue weighted by Crippen LogP contribution is 2.11. The van der Waals surface area contributed by atoms with Crippen molar-refractivity contribution in [3.05, 3.63) is 18.0 Å². The minimum atomic E-state index is 0.419. The molecule has 3 N–H and O–H groups in total. The highest BCUT2D eigenvalue weighted by Gasteiger charge is 2.08. The van der Waals surface area contributed by atoms with E-state index in [2.05, 4.69) is 30.6 Å². The number of hydrogen-bond acceptors (Lipinski definition) is 3. The molecule has 0 fully saturated rings. The zero-order valence-electron chi connectivity index (χ0n) is 10.6. The highest BCUT2D eigenvalue weighted by atomic mass is 15.2. The first-order valence-electron chi connectivity index (χ1n) is 6.05. The third kappa shape index (κ3) is 4.77. The SMILES string of the molecule is CC(C)CCC(CCc1cnn(C)c1)NN. The molecule has 92 valence electrons. The van der Waals surface area contributed by atoms with E-state index in [9.17, 15) is 0 Å². The van der Waals surface area contributed by atoms with Crippen molar-refractivity contribution in [3.8, 4) is 0 Å². The van der Waals surface area contributed by atoms with E-state index in [0.717, 1.165) is 25.2 Å². The van der Waals surface area contributed by atoms with Crippen LogP contribution in [0.3, 0.4) is 0 Å². The minimum absolute atomic E-state index is 0.419. The van der Waals surface area contributed by atoms with Crippen LogP contribution in [0.5, 0.6) is 0 Å². The predicted octanol–water partition coefficient (Wildman–Crippen LogP) is 1.62. The van der Waals surface area contributed by atoms with Gasteiger partial charge in [0.25, 0.3) is 0 Å². The Kier molecular flexibility index (Phi) is 5.49. The quantitative estimate of drug-likeness (QED) is 0.546. The average Bonchev–Trinajstić information content (AvgIpc) is 2.64. The molecule has 0 saturated carbocycles. The van der Waals surface area contributed by atoms with Crippen LogP contribution in [0, 0.1) is 5.92 Å². The molecule has 16 heavy (non-hydrogen) atoms. The van der Waals surface area contributed by atoms with Gasteiger partial charge in [-0.25, -0.2) is 0 Å². The van der Waals surface area contributed by atoms with Crippen LogP contribution in [-0.4, -0.2) is 15.8 Å². The van der Waals surface area contributed by atoms with Gasteiger partial charge in [0, 0.05) is 19.3 Å². The summed E-state index contributed by atoms with van der Waals surface area (Å²) in [5.41, 5.74) is 4.19. The summed E-state index contributed by atoms with van der Waals surface area (Å²) in [6.45, 7) is 4.49. The predicted molar refractivity (Wildman–Crippen MR) is 66.7 cm³/mol. The van der Waals surface area contributed by atoms with Crippen LogP contribution < -0.4 is 11.3 Å². The summed E-state index contributed by atoms with van der Waals surface area (Å²) in [6, 6.07) is 0.419. The monoisotopic (exact) mass is 224 g/mol. The first-order valence-corrected chi connectivity index (χ1v) is 6.05. The molecule has 0 aliphatic heterocycles. The van der Waals surface area contributed by atoms with E-state index in [1.165, 1.54) is 12.0 Å². The lowest BCUT2D eigenvalue weighted by Gasteiger charge is -2.16. The van der Waals surface area contributed by atoms with Crippen molar-refractivity contribution >= 4 is 0 Å². The second kappa shape index (κ2) is 6.66. The summed E-state index contributed by atoms with van der Waals surface area (Å²) in [7, 11) is 1.95. The van der Waals surface area contributed by atoms with Crippen LogP contribution in [-0.2, 0) is 13.5 Å². The molecule has 1 aromatic heterocycles. The minimum Gasteiger partial charge on any atom is -0.276 e. The van der Waals surface area contributed by atoms with Gasteiger partial charge in [0.2, 0.25) is 0 Å². The lowest BCUT2D eigenvalue weighted by atomic mass is 9.99. The number of aryl methyl sites for hydroxylation is 2. The maximum Gasteiger partial charge on any atom is 0.0521 e. The van der Waals surface area contributed by atoms with Crippen molar-refractivity contribution in [2.45, 2.75) is 45.6 Å². The van der Waals surface area contributed by atoms with Gasteiger partial charge in [0.1, 0.15) is 0 Å². The molecule has 1 atom stereocenters. The molecular weight excluding hydrogens is 200 g/mol. The Bertz CT molecular complexity index is 293. The molecule has 0 spiro atoms. The smallest absolute Gasteiger partial charge is 0.0521 e. The van der Waals surface area contributed by atoms with Gasteiger partial charge in [-0.2, -0.15) is 5.10 Å². The summed E-state index contributed by atoms with van der Waals surface area (Å²) in [6.07, 6.45) is 8.48. The number of aromatic nitrogens is 2. The number of hydrazine groups is 1. The van der Waals surface area contributed by atoms with E-state index >= 15 is 0 Å². The molecule has 4 nitrogen and oxygen atoms in total. The van der Waals surface area contributed by atoms with E-state index in [4.69, 9.17) is 5.84 Å². The number of nitrogens with one attached hydrogen (secondary N) is 1. The molecule has 4 heteroatoms. The topological polar surface area (TPSA) is 55.9 Å². The fraction of sp³-hybridized carbons (Fsp3) is 0.750. The molecule has 1 aromatic rings. The molecular formula is C12H24N4. The van der Waals surface area contributed by atoms with Gasteiger partial charge < -0.3 is 0 Å². The van der Waals surface area contributed by atoms with Crippen molar-refractivity contribution in [1.29, 1.82) is 0 Å². The molecule has 0 aliphatic carbocycles. The van der Waals surface area contributed by atoms with Crippen molar-refractivity contribution in [2.24, 2.45) is 18.8 Å². The van der Waals surface area contributed by atoms with Crippen LogP contribution in [0.15, 0.2) is 12.4 Å². The lowest BCUT2D eigenvalue weighted by molar-refractivity contribution is 0.416. The molecule has 1 heterocycles. The van der Waals surface area contributed by atoms with Crippen LogP contribution in [0.25, 0.3) is 0 Å². The molecule has 0 bridgehead atoms. The Morgan fingerprint density at radius 3 is 2.62 bits per heavy atom. The van der Waals surface area contributed by atoms with Gasteiger partial charge in [-0.1, -0.05) is 13.8 Å². The Morgan fingerprint density at radius 2 is 2.12 bits per heavy atom. The Morgan fingerprint density at radius 1 is 1.38 bits per heavy atom. The fourth-order valence-electron chi connectivity index (χ4n) is 1.79. The van der Waals surface area contributed by atoms with Crippen molar-refractivity contribution in [1.82, 2.24) is 15.2 Å². The maximum atomic E-state index is 5.56. The number of rotatable bonds is 7. The summed E-state index contributed by atoms with van der Waals surface area (Å²) < 4.78 is 1.84. The molecule has 0 radical (unpaired) electrons. The third-order valence-corrected chi connectivity index (χ3v) is 2.87. The maximum absolute atomic E-state index is 5.56. The normalized spacial score (nSPS) is 13.3. The van der Waals surface area contributed by atoms with Crippen LogP contribution >= 0.6 is 0 Å². The van der Waals surface area contributed by atoms with E-state index in [1.54, 1.807) is 0 Å². The van der Waals surface area contributed by atoms with Gasteiger partial charge in [-0.3, -0.25) is 16.0 Å². The van der Waals surface area contributed by atoms with Crippen LogP contribution in [0.1, 0.15) is 38.7 Å². The Balaban J connectivity index is 2.28. The first-order chi connectivity index (χ1) is 7.61. The zero-order chi connectivity index (χ0) is 12.0. The average molecular weight is 224 g/mol. The fourth-order valence-corrected chi connectivity index (χ4v) is 1.79. The number of nitrogens with zero attached hydrogens (tertiary/aromatic N) is 2. The van der Waals surface area contributed by atoms with Gasteiger partial charge in [-0.15, -0.1) is 0 Å². The summed E-state index contributed by atoms with van der Waals surface area (Å²) in [5.74, 6) is 6.30. The van der Waals surface area contributed by atoms with E-state index in [0.29, 0.717) is 6.04 Å². The molecule has 0 aromatic carbocycles. The third-order valence-electron chi connectivity index (χ3n) is 2.87. The van der Waals surface area contributed by atoms with Crippen molar-refractivity contribution in [3.63, 3.8) is 0 Å². The van der Waals surface area contributed by atoms with Crippen molar-refractivity contribution < 1.29 is 0 Å². The van der Waals surface area contributed by atoms with E-state index in [-0.39, 0.29) is 0 Å². The number of nitrogens with two attached hydrogens (primary N) is 1. The highest BCUT2D eigenvalue weighted by molar-refractivity contribution is 5.03. The molecule has 1 rings (SSSR count). The Labute approximate surface area is 98.2 Å². The second-order valence-electron chi connectivity index (χ2n) is 4.90. The largest absolute Gasteiger partial charge is 0.276 e. The summed E-state index contributed by atoms with van der Waals surface area (Å²) in [5, 5.41) is 4.16. The molecule has 1 unspecified atom stereocenters. The standard InChI is InChI=1S/C12H24N4/c1-10(2)4-6-12(15-13)7-5-11-8-14-16(3)9-11/h8-10,12,15H,4-7,13H2,1-3H3. The van der Waals surface area contributed by atoms with E-state index < -0.39 is 0 Å². The Hall–Kier alpha value is -0.870.